The summed E-state index contributed by atoms with van der Waals surface area (Å²) >= 11 is 3.36. The summed E-state index contributed by atoms with van der Waals surface area (Å²) in [4.78, 5) is 12.1. The lowest BCUT2D eigenvalue weighted by Gasteiger charge is -2.10. The monoisotopic (exact) mass is 469 g/mol. The van der Waals surface area contributed by atoms with Gasteiger partial charge in [-0.3, -0.25) is 4.79 Å². The Balaban J connectivity index is 1.70. The summed E-state index contributed by atoms with van der Waals surface area (Å²) in [7, 11) is 0. The molecule has 0 heterocycles. The highest BCUT2D eigenvalue weighted by Crippen LogP contribution is 2.23. The first kappa shape index (κ1) is 21.1. The van der Waals surface area contributed by atoms with Crippen molar-refractivity contribution in [2.45, 2.75) is 6.61 Å². The first-order valence-corrected chi connectivity index (χ1v) is 9.45. The van der Waals surface area contributed by atoms with E-state index in [1.807, 2.05) is 0 Å². The van der Waals surface area contributed by atoms with Gasteiger partial charge in [-0.2, -0.15) is 10.4 Å². The van der Waals surface area contributed by atoms with Gasteiger partial charge in [0.15, 0.2) is 0 Å². The van der Waals surface area contributed by atoms with Crippen LogP contribution in [0.25, 0.3) is 0 Å². The predicted octanol–water partition coefficient (Wildman–Crippen LogP) is 4.94. The third-order valence-electron chi connectivity index (χ3n) is 3.99. The number of halogens is 3. The van der Waals surface area contributed by atoms with Gasteiger partial charge < -0.3 is 4.74 Å². The third kappa shape index (κ3) is 5.49. The number of hydrogen-bond acceptors (Lipinski definition) is 4. The summed E-state index contributed by atoms with van der Waals surface area (Å²) < 4.78 is 33.5. The summed E-state index contributed by atoms with van der Waals surface area (Å²) in [5, 5.41) is 12.6. The van der Waals surface area contributed by atoms with E-state index in [-0.39, 0.29) is 23.6 Å². The molecule has 3 aromatic rings. The number of nitrogens with zero attached hydrogens (tertiary/aromatic N) is 2. The van der Waals surface area contributed by atoms with Crippen molar-refractivity contribution in [3.05, 3.63) is 99.0 Å². The van der Waals surface area contributed by atoms with Crippen LogP contribution in [0.1, 0.15) is 27.0 Å². The van der Waals surface area contributed by atoms with Crippen molar-refractivity contribution < 1.29 is 18.3 Å². The van der Waals surface area contributed by atoms with Gasteiger partial charge >= 0.3 is 0 Å². The van der Waals surface area contributed by atoms with Gasteiger partial charge in [0.05, 0.1) is 23.4 Å². The van der Waals surface area contributed by atoms with Gasteiger partial charge in [0.25, 0.3) is 5.91 Å². The van der Waals surface area contributed by atoms with Crippen molar-refractivity contribution in [1.82, 2.24) is 5.43 Å². The van der Waals surface area contributed by atoms with Gasteiger partial charge in [-0.25, -0.2) is 14.2 Å². The third-order valence-corrected chi connectivity index (χ3v) is 4.49. The van der Waals surface area contributed by atoms with Gasteiger partial charge in [-0.1, -0.05) is 28.1 Å². The number of nitriles is 1. The Hall–Kier alpha value is -3.57. The molecule has 0 saturated carbocycles. The molecule has 3 rings (SSSR count). The number of carbonyl (C=O) groups excluding carboxylic acids is 1. The average Bonchev–Trinajstić information content (AvgIpc) is 2.74. The van der Waals surface area contributed by atoms with Crippen LogP contribution in [0.3, 0.4) is 0 Å². The fourth-order valence-electron chi connectivity index (χ4n) is 2.48. The van der Waals surface area contributed by atoms with Crippen molar-refractivity contribution in [3.8, 4) is 11.8 Å². The number of hydrogen-bond donors (Lipinski definition) is 1. The zero-order valence-corrected chi connectivity index (χ0v) is 17.0. The van der Waals surface area contributed by atoms with E-state index in [9.17, 15) is 13.6 Å². The zero-order chi connectivity index (χ0) is 21.5. The van der Waals surface area contributed by atoms with Crippen LogP contribution in [-0.4, -0.2) is 12.1 Å². The minimum atomic E-state index is -0.812. The number of nitrogens with one attached hydrogen (secondary N) is 1. The van der Waals surface area contributed by atoms with Crippen molar-refractivity contribution in [2.75, 3.05) is 0 Å². The Kier molecular flexibility index (Phi) is 6.88. The van der Waals surface area contributed by atoms with Crippen LogP contribution in [0.15, 0.2) is 70.2 Å². The Labute approximate surface area is 179 Å². The second kappa shape index (κ2) is 9.76. The van der Waals surface area contributed by atoms with Gasteiger partial charge in [0.1, 0.15) is 24.0 Å². The summed E-state index contributed by atoms with van der Waals surface area (Å²) in [5.41, 5.74) is 3.48. The smallest absolute Gasteiger partial charge is 0.274 e. The molecule has 5 nitrogen and oxygen atoms in total. The zero-order valence-electron chi connectivity index (χ0n) is 15.4. The number of rotatable bonds is 6. The maximum absolute atomic E-state index is 13.9. The Morgan fingerprint density at radius 1 is 1.13 bits per heavy atom. The van der Waals surface area contributed by atoms with E-state index in [2.05, 4.69) is 26.5 Å². The van der Waals surface area contributed by atoms with E-state index >= 15 is 0 Å². The van der Waals surface area contributed by atoms with E-state index in [0.29, 0.717) is 11.3 Å². The lowest BCUT2D eigenvalue weighted by Crippen LogP contribution is -2.19. The molecule has 0 aliphatic heterocycles. The number of hydrazone groups is 1. The number of carbonyl (C=O) groups is 1. The molecule has 0 aliphatic rings. The van der Waals surface area contributed by atoms with Crippen LogP contribution in [0, 0.1) is 23.0 Å². The van der Waals surface area contributed by atoms with Crippen molar-refractivity contribution in [2.24, 2.45) is 5.10 Å². The maximum Gasteiger partial charge on any atom is 0.274 e. The van der Waals surface area contributed by atoms with Gasteiger partial charge in [-0.15, -0.1) is 0 Å². The van der Waals surface area contributed by atoms with Crippen LogP contribution >= 0.6 is 15.9 Å². The average molecular weight is 470 g/mol. The van der Waals surface area contributed by atoms with Crippen LogP contribution in [0.2, 0.25) is 0 Å². The first-order chi connectivity index (χ1) is 14.5. The quantitative estimate of drug-likeness (QED) is 0.410. The van der Waals surface area contributed by atoms with E-state index < -0.39 is 11.7 Å². The number of amides is 1. The standard InChI is InChI=1S/C22H14BrF2N3O2/c23-17-4-8-21(30-13-14-1-5-18(24)6-2-14)16(10-17)12-27-28-22(29)19-7-3-15(11-26)9-20(19)25/h1-10,12H,13H2,(H,28,29)/b27-12-. The molecule has 0 spiro atoms. The molecule has 0 atom stereocenters. The minimum absolute atomic E-state index is 0.115. The molecule has 150 valence electrons. The predicted molar refractivity (Wildman–Crippen MR) is 111 cm³/mol. The molecule has 0 radical (unpaired) electrons. The highest BCUT2D eigenvalue weighted by atomic mass is 79.9. The molecular formula is C22H14BrF2N3O2. The number of ether oxygens (including phenoxy) is 1. The molecule has 8 heteroatoms. The van der Waals surface area contributed by atoms with Crippen LogP contribution in [-0.2, 0) is 6.61 Å². The summed E-state index contributed by atoms with van der Waals surface area (Å²) in [6, 6.07) is 16.5. The molecular weight excluding hydrogens is 456 g/mol. The Morgan fingerprint density at radius 2 is 1.90 bits per heavy atom. The fraction of sp³-hybridized carbons (Fsp3) is 0.0455. The first-order valence-electron chi connectivity index (χ1n) is 8.66. The second-order valence-electron chi connectivity index (χ2n) is 6.10. The largest absolute Gasteiger partial charge is 0.488 e. The minimum Gasteiger partial charge on any atom is -0.488 e. The molecule has 30 heavy (non-hydrogen) atoms. The molecule has 0 aromatic heterocycles. The van der Waals surface area contributed by atoms with Crippen LogP contribution < -0.4 is 10.2 Å². The van der Waals surface area contributed by atoms with E-state index in [1.54, 1.807) is 36.4 Å². The highest BCUT2D eigenvalue weighted by Gasteiger charge is 2.12. The highest BCUT2D eigenvalue weighted by molar-refractivity contribution is 9.10. The summed E-state index contributed by atoms with van der Waals surface area (Å²) in [6.07, 6.45) is 1.37. The van der Waals surface area contributed by atoms with Gasteiger partial charge in [-0.05, 0) is 54.1 Å². The lowest BCUT2D eigenvalue weighted by molar-refractivity contribution is 0.0951. The SMILES string of the molecule is N#Cc1ccc(C(=O)N/N=C\c2cc(Br)ccc2OCc2ccc(F)cc2)c(F)c1. The fourth-order valence-corrected chi connectivity index (χ4v) is 2.86. The van der Waals surface area contributed by atoms with E-state index in [4.69, 9.17) is 10.00 Å². The second-order valence-corrected chi connectivity index (χ2v) is 7.02. The molecule has 0 aliphatic carbocycles. The lowest BCUT2D eigenvalue weighted by atomic mass is 10.1. The van der Waals surface area contributed by atoms with Crippen LogP contribution in [0.5, 0.6) is 5.75 Å². The molecule has 0 saturated heterocycles. The normalized spacial score (nSPS) is 10.6. The van der Waals surface area contributed by atoms with E-state index in [1.165, 1.54) is 30.5 Å². The van der Waals surface area contributed by atoms with Crippen LogP contribution in [0.4, 0.5) is 8.78 Å². The van der Waals surface area contributed by atoms with Gasteiger partial charge in [0.2, 0.25) is 0 Å². The molecule has 0 bridgehead atoms. The maximum atomic E-state index is 13.9. The molecule has 1 amide bonds. The Bertz CT molecular complexity index is 1140. The Morgan fingerprint density at radius 3 is 2.60 bits per heavy atom. The molecule has 1 N–H and O–H groups in total. The molecule has 0 fully saturated rings. The van der Waals surface area contributed by atoms with E-state index in [0.717, 1.165) is 16.1 Å². The molecule has 3 aromatic carbocycles. The van der Waals surface area contributed by atoms with Crippen molar-refractivity contribution in [3.63, 3.8) is 0 Å². The summed E-state index contributed by atoms with van der Waals surface area (Å²) in [5.74, 6) is -1.40. The summed E-state index contributed by atoms with van der Waals surface area (Å²) in [6.45, 7) is 0.214. The van der Waals surface area contributed by atoms with Crippen molar-refractivity contribution in [1.29, 1.82) is 5.26 Å². The molecule has 0 unspecified atom stereocenters. The van der Waals surface area contributed by atoms with Crippen molar-refractivity contribution >= 4 is 28.1 Å². The topological polar surface area (TPSA) is 74.5 Å². The van der Waals surface area contributed by atoms with Gasteiger partial charge in [0, 0.05) is 10.0 Å². The number of benzene rings is 3.